The van der Waals surface area contributed by atoms with Gasteiger partial charge in [0.15, 0.2) is 5.82 Å². The lowest BCUT2D eigenvalue weighted by atomic mass is 10.2. The van der Waals surface area contributed by atoms with Crippen LogP contribution in [0.1, 0.15) is 10.4 Å². The van der Waals surface area contributed by atoms with Gasteiger partial charge in [0.05, 0.1) is 11.8 Å². The molecule has 104 valence electrons. The number of rotatable bonds is 5. The minimum absolute atomic E-state index is 0.0524. The van der Waals surface area contributed by atoms with Gasteiger partial charge < -0.3 is 15.8 Å². The Morgan fingerprint density at radius 1 is 1.30 bits per heavy atom. The van der Waals surface area contributed by atoms with Crippen LogP contribution in [-0.4, -0.2) is 24.0 Å². The van der Waals surface area contributed by atoms with Crippen LogP contribution in [0.15, 0.2) is 42.7 Å². The molecule has 0 atom stereocenters. The normalized spacial score (nSPS) is 10.1. The van der Waals surface area contributed by atoms with Gasteiger partial charge in [-0.25, -0.2) is 4.39 Å². The van der Waals surface area contributed by atoms with Gasteiger partial charge >= 0.3 is 0 Å². The summed E-state index contributed by atoms with van der Waals surface area (Å²) < 4.78 is 18.7. The largest absolute Gasteiger partial charge is 0.492 e. The number of hydrogen-bond donors (Lipinski definition) is 2. The molecule has 20 heavy (non-hydrogen) atoms. The highest BCUT2D eigenvalue weighted by Crippen LogP contribution is 2.16. The van der Waals surface area contributed by atoms with Crippen LogP contribution in [0.25, 0.3) is 0 Å². The summed E-state index contributed by atoms with van der Waals surface area (Å²) in [5.41, 5.74) is 5.82. The fourth-order valence-corrected chi connectivity index (χ4v) is 1.57. The van der Waals surface area contributed by atoms with Crippen molar-refractivity contribution >= 4 is 11.6 Å². The molecule has 0 fully saturated rings. The highest BCUT2D eigenvalue weighted by molar-refractivity contribution is 6.04. The minimum Gasteiger partial charge on any atom is -0.492 e. The Labute approximate surface area is 115 Å². The van der Waals surface area contributed by atoms with Crippen molar-refractivity contribution < 1.29 is 13.9 Å². The summed E-state index contributed by atoms with van der Waals surface area (Å²) in [7, 11) is 0. The van der Waals surface area contributed by atoms with Crippen molar-refractivity contribution in [1.82, 2.24) is 4.98 Å². The Bertz CT molecular complexity index is 587. The summed E-state index contributed by atoms with van der Waals surface area (Å²) >= 11 is 0. The third kappa shape index (κ3) is 3.52. The number of carbonyl (C=O) groups excluding carboxylic acids is 1. The van der Waals surface area contributed by atoms with E-state index in [1.165, 1.54) is 12.3 Å². The number of ether oxygens (including phenoxy) is 1. The maximum absolute atomic E-state index is 13.4. The molecule has 0 aliphatic carbocycles. The number of anilines is 1. The summed E-state index contributed by atoms with van der Waals surface area (Å²) in [4.78, 5) is 15.5. The Kier molecular flexibility index (Phi) is 4.62. The summed E-state index contributed by atoms with van der Waals surface area (Å²) in [6.45, 7) is 0.855. The molecule has 1 amide bonds. The fourth-order valence-electron chi connectivity index (χ4n) is 1.57. The third-order valence-corrected chi connectivity index (χ3v) is 2.52. The molecule has 0 radical (unpaired) electrons. The summed E-state index contributed by atoms with van der Waals surface area (Å²) in [5.74, 6) is -0.531. The quantitative estimate of drug-likeness (QED) is 0.872. The second-order valence-corrected chi connectivity index (χ2v) is 3.97. The van der Waals surface area contributed by atoms with E-state index in [0.29, 0.717) is 24.6 Å². The Morgan fingerprint density at radius 3 is 2.70 bits per heavy atom. The first-order valence-electron chi connectivity index (χ1n) is 6.04. The number of aromatic nitrogens is 1. The number of carbonyl (C=O) groups is 1. The van der Waals surface area contributed by atoms with Gasteiger partial charge in [0.25, 0.3) is 5.91 Å². The SMILES string of the molecule is NCCOc1ccc(NC(=O)c2ccncc2F)cc1. The lowest BCUT2D eigenvalue weighted by Crippen LogP contribution is -2.14. The van der Waals surface area contributed by atoms with Crippen LogP contribution in [0, 0.1) is 5.82 Å². The van der Waals surface area contributed by atoms with Crippen molar-refractivity contribution in [2.45, 2.75) is 0 Å². The van der Waals surface area contributed by atoms with Crippen LogP contribution in [0.2, 0.25) is 0 Å². The molecule has 0 aliphatic rings. The van der Waals surface area contributed by atoms with E-state index in [4.69, 9.17) is 10.5 Å². The molecule has 2 aromatic rings. The van der Waals surface area contributed by atoms with Gasteiger partial charge in [0.2, 0.25) is 0 Å². The zero-order chi connectivity index (χ0) is 14.4. The maximum atomic E-state index is 13.4. The summed E-state index contributed by atoms with van der Waals surface area (Å²) in [6.07, 6.45) is 2.36. The van der Waals surface area contributed by atoms with Gasteiger partial charge in [-0.2, -0.15) is 0 Å². The molecule has 1 aromatic carbocycles. The number of amides is 1. The number of pyridine rings is 1. The molecule has 5 nitrogen and oxygen atoms in total. The average molecular weight is 275 g/mol. The Hall–Kier alpha value is -2.47. The van der Waals surface area contributed by atoms with Crippen LogP contribution in [0.5, 0.6) is 5.75 Å². The molecular weight excluding hydrogens is 261 g/mol. The van der Waals surface area contributed by atoms with Crippen molar-refractivity contribution in [2.24, 2.45) is 5.73 Å². The first-order chi connectivity index (χ1) is 9.70. The molecule has 0 bridgehead atoms. The lowest BCUT2D eigenvalue weighted by Gasteiger charge is -2.08. The van der Waals surface area contributed by atoms with Gasteiger partial charge in [-0.15, -0.1) is 0 Å². The third-order valence-electron chi connectivity index (χ3n) is 2.52. The van der Waals surface area contributed by atoms with E-state index in [1.54, 1.807) is 24.3 Å². The second kappa shape index (κ2) is 6.63. The van der Waals surface area contributed by atoms with Gasteiger partial charge in [-0.1, -0.05) is 0 Å². The van der Waals surface area contributed by atoms with Crippen LogP contribution in [-0.2, 0) is 0 Å². The summed E-state index contributed by atoms with van der Waals surface area (Å²) in [6, 6.07) is 8.07. The van der Waals surface area contributed by atoms with Crippen molar-refractivity contribution in [1.29, 1.82) is 0 Å². The number of benzene rings is 1. The molecule has 1 aromatic heterocycles. The molecule has 6 heteroatoms. The molecule has 0 aliphatic heterocycles. The van der Waals surface area contributed by atoms with Crippen LogP contribution in [0.3, 0.4) is 0 Å². The fraction of sp³-hybridized carbons (Fsp3) is 0.143. The maximum Gasteiger partial charge on any atom is 0.258 e. The van der Waals surface area contributed by atoms with Gasteiger partial charge in [-0.3, -0.25) is 9.78 Å². The highest BCUT2D eigenvalue weighted by atomic mass is 19.1. The van der Waals surface area contributed by atoms with E-state index in [9.17, 15) is 9.18 Å². The summed E-state index contributed by atoms with van der Waals surface area (Å²) in [5, 5.41) is 2.60. The van der Waals surface area contributed by atoms with E-state index >= 15 is 0 Å². The molecule has 0 unspecified atom stereocenters. The van der Waals surface area contributed by atoms with Crippen molar-refractivity contribution in [2.75, 3.05) is 18.5 Å². The first kappa shape index (κ1) is 14.0. The topological polar surface area (TPSA) is 77.2 Å². The molecular formula is C14H14FN3O2. The lowest BCUT2D eigenvalue weighted by molar-refractivity contribution is 0.102. The molecule has 0 saturated heterocycles. The minimum atomic E-state index is -0.659. The van der Waals surface area contributed by atoms with Crippen molar-refractivity contribution in [3.63, 3.8) is 0 Å². The molecule has 3 N–H and O–H groups in total. The van der Waals surface area contributed by atoms with E-state index in [2.05, 4.69) is 10.3 Å². The predicted octanol–water partition coefficient (Wildman–Crippen LogP) is 1.81. The van der Waals surface area contributed by atoms with E-state index < -0.39 is 11.7 Å². The second-order valence-electron chi connectivity index (χ2n) is 3.97. The highest BCUT2D eigenvalue weighted by Gasteiger charge is 2.11. The van der Waals surface area contributed by atoms with E-state index in [-0.39, 0.29) is 5.56 Å². The number of nitrogens with one attached hydrogen (secondary N) is 1. The van der Waals surface area contributed by atoms with Crippen LogP contribution >= 0.6 is 0 Å². The Balaban J connectivity index is 2.03. The first-order valence-corrected chi connectivity index (χ1v) is 6.04. The zero-order valence-corrected chi connectivity index (χ0v) is 10.7. The van der Waals surface area contributed by atoms with Crippen molar-refractivity contribution in [3.8, 4) is 5.75 Å². The number of halogens is 1. The van der Waals surface area contributed by atoms with Gasteiger partial charge in [-0.05, 0) is 30.3 Å². The molecule has 0 spiro atoms. The van der Waals surface area contributed by atoms with Gasteiger partial charge in [0, 0.05) is 18.4 Å². The Morgan fingerprint density at radius 2 is 2.05 bits per heavy atom. The number of nitrogens with two attached hydrogens (primary N) is 1. The standard InChI is InChI=1S/C14H14FN3O2/c15-13-9-17-7-5-12(13)14(19)18-10-1-3-11(4-2-10)20-8-6-16/h1-5,7,9H,6,8,16H2,(H,18,19). The monoisotopic (exact) mass is 275 g/mol. The van der Waals surface area contributed by atoms with E-state index in [1.807, 2.05) is 0 Å². The molecule has 0 saturated carbocycles. The predicted molar refractivity (Wildman–Crippen MR) is 73.1 cm³/mol. The average Bonchev–Trinajstić information content (AvgIpc) is 2.47. The van der Waals surface area contributed by atoms with Crippen molar-refractivity contribution in [3.05, 3.63) is 54.1 Å². The van der Waals surface area contributed by atoms with Crippen LogP contribution < -0.4 is 15.8 Å². The zero-order valence-electron chi connectivity index (χ0n) is 10.7. The molecule has 2 rings (SSSR count). The number of nitrogens with zero attached hydrogens (tertiary/aromatic N) is 1. The molecule has 1 heterocycles. The van der Waals surface area contributed by atoms with E-state index in [0.717, 1.165) is 6.20 Å². The number of hydrogen-bond acceptors (Lipinski definition) is 4. The van der Waals surface area contributed by atoms with Gasteiger partial charge in [0.1, 0.15) is 12.4 Å². The smallest absolute Gasteiger partial charge is 0.258 e. The van der Waals surface area contributed by atoms with Crippen LogP contribution in [0.4, 0.5) is 10.1 Å².